The van der Waals surface area contributed by atoms with Crippen molar-refractivity contribution >= 4 is 5.69 Å². The van der Waals surface area contributed by atoms with E-state index in [1.807, 2.05) is 0 Å². The second-order valence-electron chi connectivity index (χ2n) is 2.64. The van der Waals surface area contributed by atoms with Gasteiger partial charge in [-0.25, -0.2) is 4.98 Å². The molecule has 1 rings (SSSR count). The lowest BCUT2D eigenvalue weighted by atomic mass is 10.3. The molecule has 0 unspecified atom stereocenters. The van der Waals surface area contributed by atoms with Gasteiger partial charge in [0.1, 0.15) is 11.6 Å². The first kappa shape index (κ1) is 11.1. The molecule has 0 aliphatic rings. The van der Waals surface area contributed by atoms with Gasteiger partial charge in [-0.1, -0.05) is 0 Å². The molecule has 0 aliphatic heterocycles. The highest BCUT2D eigenvalue weighted by Gasteiger charge is 2.29. The molecule has 1 aromatic rings. The molecule has 2 N–H and O–H groups in total. The highest BCUT2D eigenvalue weighted by molar-refractivity contribution is 5.48. The van der Waals surface area contributed by atoms with Crippen LogP contribution < -0.4 is 10.5 Å². The van der Waals surface area contributed by atoms with Gasteiger partial charge in [0.2, 0.25) is 5.88 Å². The van der Waals surface area contributed by atoms with E-state index in [4.69, 9.17) is 11.0 Å². The minimum atomic E-state index is -4.46. The Morgan fingerprint density at radius 3 is 2.73 bits per heavy atom. The molecule has 0 aromatic carbocycles. The van der Waals surface area contributed by atoms with E-state index >= 15 is 0 Å². The number of anilines is 1. The number of ether oxygens (including phenoxy) is 1. The number of halogens is 3. The fraction of sp³-hybridized carbons (Fsp3) is 0.250. The number of nitrogens with two attached hydrogens (primary N) is 1. The Morgan fingerprint density at radius 1 is 1.53 bits per heavy atom. The van der Waals surface area contributed by atoms with Gasteiger partial charge in [-0.2, -0.15) is 18.4 Å². The number of nitriles is 1. The molecule has 15 heavy (non-hydrogen) atoms. The van der Waals surface area contributed by atoms with Crippen LogP contribution in [0, 0.1) is 11.3 Å². The Hall–Kier alpha value is -1.97. The largest absolute Gasteiger partial charge is 0.467 e. The number of nitrogen functional groups attached to an aromatic ring is 1. The maximum absolute atomic E-state index is 11.8. The first-order valence-corrected chi connectivity index (χ1v) is 3.77. The number of rotatable bonds is 2. The van der Waals surface area contributed by atoms with Crippen LogP contribution in [0.25, 0.3) is 0 Å². The van der Waals surface area contributed by atoms with Gasteiger partial charge in [-0.15, -0.1) is 0 Å². The van der Waals surface area contributed by atoms with E-state index in [-0.39, 0.29) is 17.1 Å². The lowest BCUT2D eigenvalue weighted by molar-refractivity contribution is -0.154. The lowest BCUT2D eigenvalue weighted by Gasteiger charge is -2.09. The summed E-state index contributed by atoms with van der Waals surface area (Å²) in [6.45, 7) is -1.49. The van der Waals surface area contributed by atoms with E-state index in [2.05, 4.69) is 9.72 Å². The van der Waals surface area contributed by atoms with Crippen molar-refractivity contribution in [3.05, 3.63) is 17.8 Å². The molecular formula is C8H6F3N3O. The smallest absolute Gasteiger partial charge is 0.422 e. The second kappa shape index (κ2) is 4.04. The predicted octanol–water partition coefficient (Wildman–Crippen LogP) is 1.48. The third-order valence-corrected chi connectivity index (χ3v) is 1.37. The summed E-state index contributed by atoms with van der Waals surface area (Å²) in [6.07, 6.45) is -3.34. The average molecular weight is 217 g/mol. The van der Waals surface area contributed by atoms with E-state index in [9.17, 15) is 13.2 Å². The minimum absolute atomic E-state index is 0.126. The summed E-state index contributed by atoms with van der Waals surface area (Å²) in [6, 6.07) is 2.83. The first-order valence-electron chi connectivity index (χ1n) is 3.77. The maximum atomic E-state index is 11.8. The highest BCUT2D eigenvalue weighted by atomic mass is 19.4. The fourth-order valence-electron chi connectivity index (χ4n) is 0.814. The van der Waals surface area contributed by atoms with Gasteiger partial charge in [0.15, 0.2) is 6.61 Å². The Labute approximate surface area is 83.1 Å². The molecule has 0 fully saturated rings. The summed E-state index contributed by atoms with van der Waals surface area (Å²) in [5.74, 6) is -0.371. The van der Waals surface area contributed by atoms with Crippen LogP contribution >= 0.6 is 0 Å². The summed E-state index contributed by atoms with van der Waals surface area (Å²) < 4.78 is 39.7. The van der Waals surface area contributed by atoms with E-state index in [0.29, 0.717) is 0 Å². The monoisotopic (exact) mass is 217 g/mol. The van der Waals surface area contributed by atoms with Crippen LogP contribution in [-0.2, 0) is 0 Å². The molecular weight excluding hydrogens is 211 g/mol. The van der Waals surface area contributed by atoms with Crippen molar-refractivity contribution in [1.82, 2.24) is 4.98 Å². The third-order valence-electron chi connectivity index (χ3n) is 1.37. The van der Waals surface area contributed by atoms with Crippen LogP contribution in [0.2, 0.25) is 0 Å². The summed E-state index contributed by atoms with van der Waals surface area (Å²) in [5, 5.41) is 8.57. The number of hydrogen-bond donors (Lipinski definition) is 1. The van der Waals surface area contributed by atoms with Gasteiger partial charge in [0.25, 0.3) is 0 Å². The highest BCUT2D eigenvalue weighted by Crippen LogP contribution is 2.20. The number of pyridine rings is 1. The number of aromatic nitrogens is 1. The second-order valence-corrected chi connectivity index (χ2v) is 2.64. The molecule has 80 valence electrons. The molecule has 0 aliphatic carbocycles. The van der Waals surface area contributed by atoms with Crippen molar-refractivity contribution in [2.75, 3.05) is 12.3 Å². The molecule has 0 saturated carbocycles. The molecule has 7 heteroatoms. The molecule has 0 radical (unpaired) electrons. The first-order chi connectivity index (χ1) is 6.92. The topological polar surface area (TPSA) is 71.9 Å². The van der Waals surface area contributed by atoms with Crippen LogP contribution in [0.5, 0.6) is 5.88 Å². The van der Waals surface area contributed by atoms with E-state index < -0.39 is 12.8 Å². The van der Waals surface area contributed by atoms with Crippen LogP contribution in [0.4, 0.5) is 18.9 Å². The molecule has 4 nitrogen and oxygen atoms in total. The van der Waals surface area contributed by atoms with Crippen LogP contribution in [0.15, 0.2) is 12.3 Å². The van der Waals surface area contributed by atoms with Crippen molar-refractivity contribution in [2.24, 2.45) is 0 Å². The Bertz CT molecular complexity index is 397. The lowest BCUT2D eigenvalue weighted by Crippen LogP contribution is -2.20. The van der Waals surface area contributed by atoms with Gasteiger partial charge in [-0.3, -0.25) is 0 Å². The predicted molar refractivity (Wildman–Crippen MR) is 44.9 cm³/mol. The Kier molecular flexibility index (Phi) is 2.99. The van der Waals surface area contributed by atoms with Gasteiger partial charge in [-0.05, 0) is 6.07 Å². The van der Waals surface area contributed by atoms with Gasteiger partial charge >= 0.3 is 6.18 Å². The van der Waals surface area contributed by atoms with Crippen LogP contribution in [-0.4, -0.2) is 17.8 Å². The van der Waals surface area contributed by atoms with Crippen molar-refractivity contribution < 1.29 is 17.9 Å². The quantitative estimate of drug-likeness (QED) is 0.814. The molecule has 0 bridgehead atoms. The van der Waals surface area contributed by atoms with Gasteiger partial charge < -0.3 is 10.5 Å². The summed E-state index contributed by atoms with van der Waals surface area (Å²) >= 11 is 0. The third kappa shape index (κ3) is 3.34. The molecule has 0 amide bonds. The number of nitrogens with zero attached hydrogens (tertiary/aromatic N) is 2. The minimum Gasteiger partial charge on any atom is -0.467 e. The van der Waals surface area contributed by atoms with Crippen molar-refractivity contribution in [3.63, 3.8) is 0 Å². The van der Waals surface area contributed by atoms with Crippen LogP contribution in [0.3, 0.4) is 0 Å². The molecule has 0 atom stereocenters. The Balaban J connectivity index is 2.82. The summed E-state index contributed by atoms with van der Waals surface area (Å²) in [5.41, 5.74) is 5.35. The zero-order valence-corrected chi connectivity index (χ0v) is 7.38. The van der Waals surface area contributed by atoms with Crippen molar-refractivity contribution in [3.8, 4) is 11.9 Å². The molecule has 1 aromatic heterocycles. The fourth-order valence-corrected chi connectivity index (χ4v) is 0.814. The zero-order chi connectivity index (χ0) is 11.5. The molecule has 0 saturated heterocycles. The van der Waals surface area contributed by atoms with Crippen molar-refractivity contribution in [2.45, 2.75) is 6.18 Å². The van der Waals surface area contributed by atoms with Gasteiger partial charge in [0, 0.05) is 0 Å². The SMILES string of the molecule is N#Cc1cc(N)cnc1OCC(F)(F)F. The number of hydrogen-bond acceptors (Lipinski definition) is 4. The van der Waals surface area contributed by atoms with E-state index in [1.54, 1.807) is 6.07 Å². The van der Waals surface area contributed by atoms with E-state index in [1.165, 1.54) is 6.07 Å². The van der Waals surface area contributed by atoms with Crippen molar-refractivity contribution in [1.29, 1.82) is 5.26 Å². The molecule has 1 heterocycles. The van der Waals surface area contributed by atoms with Gasteiger partial charge in [0.05, 0.1) is 11.9 Å². The van der Waals surface area contributed by atoms with Crippen LogP contribution in [0.1, 0.15) is 5.56 Å². The zero-order valence-electron chi connectivity index (χ0n) is 7.38. The number of alkyl halides is 3. The average Bonchev–Trinajstić information content (AvgIpc) is 2.14. The standard InChI is InChI=1S/C8H6F3N3O/c9-8(10,11)4-15-7-5(2-12)1-6(13)3-14-7/h1,3H,4,13H2. The maximum Gasteiger partial charge on any atom is 0.422 e. The summed E-state index contributed by atoms with van der Waals surface area (Å²) in [4.78, 5) is 3.48. The Morgan fingerprint density at radius 2 is 2.20 bits per heavy atom. The summed E-state index contributed by atoms with van der Waals surface area (Å²) in [7, 11) is 0. The van der Waals surface area contributed by atoms with E-state index in [0.717, 1.165) is 6.20 Å². The normalized spacial score (nSPS) is 10.8. The molecule has 0 spiro atoms.